The molecule has 1 atom stereocenters. The van der Waals surface area contributed by atoms with Crippen molar-refractivity contribution in [1.82, 2.24) is 0 Å². The summed E-state index contributed by atoms with van der Waals surface area (Å²) in [5.74, 6) is -0.670. The molecule has 0 aliphatic carbocycles. The van der Waals surface area contributed by atoms with Crippen LogP contribution in [0.3, 0.4) is 0 Å². The van der Waals surface area contributed by atoms with Crippen molar-refractivity contribution in [3.05, 3.63) is 17.7 Å². The molecule has 1 aliphatic rings. The fraction of sp³-hybridized carbons (Fsp3) is 0.357. The van der Waals surface area contributed by atoms with Crippen LogP contribution in [0.1, 0.15) is 26.3 Å². The number of carbonyl (C=O) groups is 3. The molecule has 1 unspecified atom stereocenters. The van der Waals surface area contributed by atoms with Gasteiger partial charge in [0, 0.05) is 32.0 Å². The lowest BCUT2D eigenvalue weighted by Gasteiger charge is -2.11. The number of ether oxygens (including phenoxy) is 2. The van der Waals surface area contributed by atoms with Gasteiger partial charge in [-0.1, -0.05) is 0 Å². The van der Waals surface area contributed by atoms with Crippen LogP contribution in [0.25, 0.3) is 0 Å². The molecule has 0 spiro atoms. The number of anilines is 1. The molecule has 0 saturated carbocycles. The molecule has 1 aromatic rings. The van der Waals surface area contributed by atoms with E-state index in [0.29, 0.717) is 12.1 Å². The van der Waals surface area contributed by atoms with Gasteiger partial charge in [-0.15, -0.1) is 0 Å². The Hall–Kier alpha value is -2.37. The number of fused-ring (bicyclic) bond motifs is 1. The van der Waals surface area contributed by atoms with Crippen LogP contribution in [-0.4, -0.2) is 23.8 Å². The van der Waals surface area contributed by atoms with Gasteiger partial charge in [-0.25, -0.2) is 0 Å². The minimum absolute atomic E-state index is 0.0178. The summed E-state index contributed by atoms with van der Waals surface area (Å²) in [5, 5.41) is 3.05. The average molecular weight is 277 g/mol. The molecule has 1 aromatic carbocycles. The first-order chi connectivity index (χ1) is 9.36. The molecule has 0 bridgehead atoms. The molecular weight excluding hydrogens is 262 g/mol. The largest absolute Gasteiger partial charge is 0.423 e. The van der Waals surface area contributed by atoms with Crippen LogP contribution in [0.15, 0.2) is 12.1 Å². The zero-order chi connectivity index (χ0) is 14.9. The van der Waals surface area contributed by atoms with Crippen LogP contribution in [-0.2, 0) is 20.8 Å². The van der Waals surface area contributed by atoms with Crippen LogP contribution in [0.5, 0.6) is 11.5 Å². The standard InChI is InChI=1S/C14H15NO5/c1-7(16)11-4-10-5-13(19-8(2)17)14(20-9(3)18)6-12(10)15-11/h5-6,11,15H,4H2,1-3H3. The predicted octanol–water partition coefficient (Wildman–Crippen LogP) is 1.46. The molecule has 6 heteroatoms. The Kier molecular flexibility index (Phi) is 3.74. The highest BCUT2D eigenvalue weighted by Crippen LogP contribution is 2.38. The predicted molar refractivity (Wildman–Crippen MR) is 70.9 cm³/mol. The Labute approximate surface area is 116 Å². The number of ketones is 1. The fourth-order valence-corrected chi connectivity index (χ4v) is 2.08. The van der Waals surface area contributed by atoms with Crippen molar-refractivity contribution in [2.75, 3.05) is 5.32 Å². The third kappa shape index (κ3) is 2.96. The molecule has 20 heavy (non-hydrogen) atoms. The summed E-state index contributed by atoms with van der Waals surface area (Å²) >= 11 is 0. The summed E-state index contributed by atoms with van der Waals surface area (Å²) in [6, 6.07) is 2.88. The fourth-order valence-electron chi connectivity index (χ4n) is 2.08. The van der Waals surface area contributed by atoms with Crippen molar-refractivity contribution < 1.29 is 23.9 Å². The quantitative estimate of drug-likeness (QED) is 0.665. The van der Waals surface area contributed by atoms with E-state index in [1.165, 1.54) is 20.8 Å². The second-order valence-corrected chi connectivity index (χ2v) is 4.66. The van der Waals surface area contributed by atoms with Crippen molar-refractivity contribution in [1.29, 1.82) is 0 Å². The van der Waals surface area contributed by atoms with Crippen LogP contribution < -0.4 is 14.8 Å². The van der Waals surface area contributed by atoms with E-state index in [9.17, 15) is 14.4 Å². The lowest BCUT2D eigenvalue weighted by molar-refractivity contribution is -0.134. The van der Waals surface area contributed by atoms with Gasteiger partial charge in [-0.2, -0.15) is 0 Å². The first-order valence-electron chi connectivity index (χ1n) is 6.17. The van der Waals surface area contributed by atoms with Crippen molar-refractivity contribution in [2.45, 2.75) is 33.2 Å². The number of esters is 2. The third-order valence-electron chi connectivity index (χ3n) is 2.92. The Bertz CT molecular complexity index is 548. The monoisotopic (exact) mass is 277 g/mol. The van der Waals surface area contributed by atoms with E-state index in [4.69, 9.17) is 9.47 Å². The Morgan fingerprint density at radius 2 is 1.60 bits per heavy atom. The number of nitrogens with one attached hydrogen (secondary N) is 1. The highest BCUT2D eigenvalue weighted by atomic mass is 16.6. The summed E-state index contributed by atoms with van der Waals surface area (Å²) < 4.78 is 10.1. The molecule has 1 aliphatic heterocycles. The Balaban J connectivity index is 2.38. The number of carbonyl (C=O) groups excluding carboxylic acids is 3. The van der Waals surface area contributed by atoms with Gasteiger partial charge in [0.15, 0.2) is 17.3 Å². The maximum absolute atomic E-state index is 11.4. The summed E-state index contributed by atoms with van der Waals surface area (Å²) in [7, 11) is 0. The van der Waals surface area contributed by atoms with E-state index >= 15 is 0 Å². The van der Waals surface area contributed by atoms with E-state index in [1.807, 2.05) is 0 Å². The minimum atomic E-state index is -0.514. The van der Waals surface area contributed by atoms with Gasteiger partial charge in [0.1, 0.15) is 0 Å². The molecule has 106 valence electrons. The topological polar surface area (TPSA) is 81.7 Å². The first-order valence-corrected chi connectivity index (χ1v) is 6.17. The molecule has 0 aromatic heterocycles. The van der Waals surface area contributed by atoms with Crippen LogP contribution in [0.4, 0.5) is 5.69 Å². The molecule has 0 saturated heterocycles. The second kappa shape index (κ2) is 5.32. The molecule has 1 N–H and O–H groups in total. The van der Waals surface area contributed by atoms with Gasteiger partial charge in [-0.3, -0.25) is 14.4 Å². The molecule has 1 heterocycles. The number of benzene rings is 1. The van der Waals surface area contributed by atoms with Crippen LogP contribution >= 0.6 is 0 Å². The number of Topliss-reactive ketones (excluding diaryl/α,β-unsaturated/α-hetero) is 1. The van der Waals surface area contributed by atoms with Gasteiger partial charge in [0.05, 0.1) is 6.04 Å². The highest BCUT2D eigenvalue weighted by Gasteiger charge is 2.26. The summed E-state index contributed by atoms with van der Waals surface area (Å²) in [6.07, 6.45) is 0.513. The lowest BCUT2D eigenvalue weighted by atomic mass is 10.1. The van der Waals surface area contributed by atoms with Gasteiger partial charge in [0.25, 0.3) is 0 Å². The maximum Gasteiger partial charge on any atom is 0.308 e. The molecule has 6 nitrogen and oxygen atoms in total. The third-order valence-corrected chi connectivity index (χ3v) is 2.92. The van der Waals surface area contributed by atoms with E-state index in [2.05, 4.69) is 5.32 Å². The zero-order valence-corrected chi connectivity index (χ0v) is 11.5. The Morgan fingerprint density at radius 3 is 2.10 bits per heavy atom. The van der Waals surface area contributed by atoms with Crippen molar-refractivity contribution in [3.8, 4) is 11.5 Å². The molecular formula is C14H15NO5. The molecule has 0 fully saturated rings. The number of hydrogen-bond acceptors (Lipinski definition) is 6. The number of rotatable bonds is 3. The van der Waals surface area contributed by atoms with E-state index in [0.717, 1.165) is 5.56 Å². The zero-order valence-electron chi connectivity index (χ0n) is 11.5. The van der Waals surface area contributed by atoms with Crippen LogP contribution in [0, 0.1) is 0 Å². The normalized spacial score (nSPS) is 16.1. The average Bonchev–Trinajstić information content (AvgIpc) is 2.70. The van der Waals surface area contributed by atoms with Gasteiger partial charge < -0.3 is 14.8 Å². The SMILES string of the molecule is CC(=O)Oc1cc2c(cc1OC(C)=O)NC(C(C)=O)C2. The van der Waals surface area contributed by atoms with Crippen LogP contribution in [0.2, 0.25) is 0 Å². The van der Waals surface area contributed by atoms with E-state index in [1.54, 1.807) is 12.1 Å². The minimum Gasteiger partial charge on any atom is -0.423 e. The first kappa shape index (κ1) is 14.0. The lowest BCUT2D eigenvalue weighted by Crippen LogP contribution is -2.23. The summed E-state index contributed by atoms with van der Waals surface area (Å²) in [4.78, 5) is 33.6. The van der Waals surface area contributed by atoms with E-state index in [-0.39, 0.29) is 23.3 Å². The second-order valence-electron chi connectivity index (χ2n) is 4.66. The van der Waals surface area contributed by atoms with E-state index < -0.39 is 11.9 Å². The van der Waals surface area contributed by atoms with Gasteiger partial charge in [-0.05, 0) is 18.6 Å². The smallest absolute Gasteiger partial charge is 0.308 e. The molecule has 2 rings (SSSR count). The number of hydrogen-bond donors (Lipinski definition) is 1. The molecule has 0 radical (unpaired) electrons. The van der Waals surface area contributed by atoms with Gasteiger partial charge in [0.2, 0.25) is 0 Å². The summed E-state index contributed by atoms with van der Waals surface area (Å²) in [5.41, 5.74) is 1.55. The van der Waals surface area contributed by atoms with Crippen molar-refractivity contribution in [2.24, 2.45) is 0 Å². The molecule has 0 amide bonds. The maximum atomic E-state index is 11.4. The van der Waals surface area contributed by atoms with Gasteiger partial charge >= 0.3 is 11.9 Å². The Morgan fingerprint density at radius 1 is 1.05 bits per heavy atom. The van der Waals surface area contributed by atoms with Crippen molar-refractivity contribution >= 4 is 23.4 Å². The van der Waals surface area contributed by atoms with Crippen molar-refractivity contribution in [3.63, 3.8) is 0 Å². The highest BCUT2D eigenvalue weighted by molar-refractivity contribution is 5.88. The summed E-state index contributed by atoms with van der Waals surface area (Å²) in [6.45, 7) is 4.03.